The second-order valence-electron chi connectivity index (χ2n) is 6.00. The molecule has 1 aliphatic heterocycles. The van der Waals surface area contributed by atoms with Gasteiger partial charge in [-0.1, -0.05) is 6.92 Å². The Balaban J connectivity index is 1.99. The predicted octanol–water partition coefficient (Wildman–Crippen LogP) is 1.39. The third-order valence-electron chi connectivity index (χ3n) is 4.42. The molecule has 0 saturated carbocycles. The SMILES string of the molecule is CCNC1CCN(c2cc(F)c(C(N)=O)c3nn(C)cc23)CC1. The lowest BCUT2D eigenvalue weighted by Crippen LogP contribution is -2.42. The van der Waals surface area contributed by atoms with Crippen LogP contribution in [0.5, 0.6) is 0 Å². The minimum Gasteiger partial charge on any atom is -0.371 e. The summed E-state index contributed by atoms with van der Waals surface area (Å²) in [7, 11) is 1.75. The lowest BCUT2D eigenvalue weighted by molar-refractivity contribution is 0.0998. The minimum absolute atomic E-state index is 0.133. The molecule has 6 nitrogen and oxygen atoms in total. The minimum atomic E-state index is -0.788. The van der Waals surface area contributed by atoms with Crippen LogP contribution in [0.2, 0.25) is 0 Å². The van der Waals surface area contributed by atoms with E-state index in [1.165, 1.54) is 6.07 Å². The first-order valence-corrected chi connectivity index (χ1v) is 7.95. The standard InChI is InChI=1S/C16H22FN5O/c1-3-19-10-4-6-22(7-5-10)13-8-12(17)14(16(18)23)15-11(13)9-21(2)20-15/h8-10,19H,3-7H2,1-2H3,(H2,18,23). The molecule has 0 unspecified atom stereocenters. The van der Waals surface area contributed by atoms with Gasteiger partial charge in [0.2, 0.25) is 0 Å². The van der Waals surface area contributed by atoms with E-state index in [-0.39, 0.29) is 5.56 Å². The highest BCUT2D eigenvalue weighted by Gasteiger charge is 2.25. The van der Waals surface area contributed by atoms with Crippen LogP contribution in [0, 0.1) is 5.82 Å². The number of hydrogen-bond acceptors (Lipinski definition) is 4. The molecule has 1 saturated heterocycles. The number of rotatable bonds is 4. The lowest BCUT2D eigenvalue weighted by atomic mass is 10.0. The number of piperidine rings is 1. The van der Waals surface area contributed by atoms with Crippen LogP contribution in [0.3, 0.4) is 0 Å². The van der Waals surface area contributed by atoms with Crippen LogP contribution in [-0.4, -0.2) is 41.4 Å². The molecule has 1 aliphatic rings. The van der Waals surface area contributed by atoms with E-state index in [2.05, 4.69) is 22.2 Å². The summed E-state index contributed by atoms with van der Waals surface area (Å²) >= 11 is 0. The van der Waals surface area contributed by atoms with Gasteiger partial charge in [0.1, 0.15) is 16.9 Å². The summed E-state index contributed by atoms with van der Waals surface area (Å²) in [6.45, 7) is 4.75. The van der Waals surface area contributed by atoms with Gasteiger partial charge in [0.25, 0.3) is 5.91 Å². The van der Waals surface area contributed by atoms with E-state index in [1.807, 2.05) is 6.20 Å². The number of amides is 1. The fourth-order valence-electron chi connectivity index (χ4n) is 3.35. The third kappa shape index (κ3) is 2.88. The average molecular weight is 319 g/mol. The average Bonchev–Trinajstić information content (AvgIpc) is 2.88. The molecule has 0 radical (unpaired) electrons. The van der Waals surface area contributed by atoms with Crippen molar-refractivity contribution in [1.29, 1.82) is 0 Å². The largest absolute Gasteiger partial charge is 0.371 e. The molecule has 1 fully saturated rings. The number of aryl methyl sites for hydroxylation is 1. The zero-order valence-corrected chi connectivity index (χ0v) is 13.5. The van der Waals surface area contributed by atoms with Gasteiger partial charge < -0.3 is 16.0 Å². The number of halogens is 1. The van der Waals surface area contributed by atoms with Gasteiger partial charge in [-0.2, -0.15) is 5.10 Å². The summed E-state index contributed by atoms with van der Waals surface area (Å²) in [5.41, 5.74) is 6.31. The monoisotopic (exact) mass is 319 g/mol. The van der Waals surface area contributed by atoms with E-state index in [1.54, 1.807) is 11.7 Å². The second-order valence-corrected chi connectivity index (χ2v) is 6.00. The first-order chi connectivity index (χ1) is 11.0. The highest BCUT2D eigenvalue weighted by atomic mass is 19.1. The number of carbonyl (C=O) groups is 1. The number of fused-ring (bicyclic) bond motifs is 1. The van der Waals surface area contributed by atoms with Crippen molar-refractivity contribution in [2.24, 2.45) is 12.8 Å². The van der Waals surface area contributed by atoms with E-state index in [4.69, 9.17) is 5.73 Å². The Labute approximate surface area is 134 Å². The quantitative estimate of drug-likeness (QED) is 0.893. The van der Waals surface area contributed by atoms with Gasteiger partial charge in [-0.3, -0.25) is 9.48 Å². The van der Waals surface area contributed by atoms with Crippen molar-refractivity contribution in [2.45, 2.75) is 25.8 Å². The molecule has 0 aliphatic carbocycles. The van der Waals surface area contributed by atoms with Crippen molar-refractivity contribution >= 4 is 22.5 Å². The molecule has 1 amide bonds. The van der Waals surface area contributed by atoms with Crippen molar-refractivity contribution in [2.75, 3.05) is 24.5 Å². The number of benzene rings is 1. The maximum absolute atomic E-state index is 14.4. The molecule has 2 aromatic rings. The maximum Gasteiger partial charge on any atom is 0.253 e. The Morgan fingerprint density at radius 2 is 2.17 bits per heavy atom. The van der Waals surface area contributed by atoms with Crippen LogP contribution >= 0.6 is 0 Å². The van der Waals surface area contributed by atoms with E-state index >= 15 is 0 Å². The fraction of sp³-hybridized carbons (Fsp3) is 0.500. The van der Waals surface area contributed by atoms with Crippen molar-refractivity contribution in [3.05, 3.63) is 23.6 Å². The Morgan fingerprint density at radius 1 is 1.48 bits per heavy atom. The number of primary amides is 1. The van der Waals surface area contributed by atoms with Gasteiger partial charge in [0.15, 0.2) is 0 Å². The van der Waals surface area contributed by atoms with Crippen LogP contribution in [0.4, 0.5) is 10.1 Å². The van der Waals surface area contributed by atoms with E-state index in [0.717, 1.165) is 43.5 Å². The molecular formula is C16H22FN5O. The van der Waals surface area contributed by atoms with Crippen LogP contribution in [0.1, 0.15) is 30.1 Å². The predicted molar refractivity (Wildman–Crippen MR) is 88.1 cm³/mol. The number of nitrogens with zero attached hydrogens (tertiary/aromatic N) is 3. The number of nitrogens with one attached hydrogen (secondary N) is 1. The van der Waals surface area contributed by atoms with Gasteiger partial charge in [0, 0.05) is 37.8 Å². The summed E-state index contributed by atoms with van der Waals surface area (Å²) in [6, 6.07) is 1.92. The maximum atomic E-state index is 14.4. The Kier molecular flexibility index (Phi) is 4.21. The normalized spacial score (nSPS) is 16.2. The number of anilines is 1. The van der Waals surface area contributed by atoms with Gasteiger partial charge in [-0.15, -0.1) is 0 Å². The molecule has 23 heavy (non-hydrogen) atoms. The zero-order valence-electron chi connectivity index (χ0n) is 13.5. The first kappa shape index (κ1) is 15.7. The Hall–Kier alpha value is -2.15. The van der Waals surface area contributed by atoms with Crippen molar-refractivity contribution < 1.29 is 9.18 Å². The number of carbonyl (C=O) groups excluding carboxylic acids is 1. The fourth-order valence-corrected chi connectivity index (χ4v) is 3.35. The second kappa shape index (κ2) is 6.16. The molecule has 0 spiro atoms. The smallest absolute Gasteiger partial charge is 0.253 e. The van der Waals surface area contributed by atoms with Crippen LogP contribution in [0.25, 0.3) is 10.9 Å². The Bertz CT molecular complexity index is 734. The summed E-state index contributed by atoms with van der Waals surface area (Å²) < 4.78 is 16.0. The summed E-state index contributed by atoms with van der Waals surface area (Å²) in [5, 5.41) is 8.45. The van der Waals surface area contributed by atoms with Gasteiger partial charge in [-0.05, 0) is 25.5 Å². The van der Waals surface area contributed by atoms with Gasteiger partial charge >= 0.3 is 0 Å². The zero-order chi connectivity index (χ0) is 16.6. The molecule has 0 atom stereocenters. The van der Waals surface area contributed by atoms with E-state index in [0.29, 0.717) is 11.6 Å². The lowest BCUT2D eigenvalue weighted by Gasteiger charge is -2.34. The Morgan fingerprint density at radius 3 is 2.78 bits per heavy atom. The number of nitrogens with two attached hydrogens (primary N) is 1. The van der Waals surface area contributed by atoms with E-state index < -0.39 is 11.7 Å². The third-order valence-corrected chi connectivity index (χ3v) is 4.42. The number of hydrogen-bond donors (Lipinski definition) is 2. The van der Waals surface area contributed by atoms with Crippen LogP contribution in [0.15, 0.2) is 12.3 Å². The van der Waals surface area contributed by atoms with Crippen molar-refractivity contribution in [1.82, 2.24) is 15.1 Å². The molecule has 1 aromatic carbocycles. The van der Waals surface area contributed by atoms with Crippen LogP contribution in [-0.2, 0) is 7.05 Å². The van der Waals surface area contributed by atoms with E-state index in [9.17, 15) is 9.18 Å². The highest BCUT2D eigenvalue weighted by Crippen LogP contribution is 2.32. The molecule has 2 heterocycles. The molecular weight excluding hydrogens is 297 g/mol. The van der Waals surface area contributed by atoms with Crippen molar-refractivity contribution in [3.63, 3.8) is 0 Å². The topological polar surface area (TPSA) is 76.2 Å². The molecule has 124 valence electrons. The number of aromatic nitrogens is 2. The molecule has 1 aromatic heterocycles. The van der Waals surface area contributed by atoms with Gasteiger partial charge in [0.05, 0.1) is 5.69 Å². The molecule has 3 N–H and O–H groups in total. The molecule has 3 rings (SSSR count). The summed E-state index contributed by atoms with van der Waals surface area (Å²) in [6.07, 6.45) is 3.83. The van der Waals surface area contributed by atoms with Crippen LogP contribution < -0.4 is 16.0 Å². The van der Waals surface area contributed by atoms with Crippen molar-refractivity contribution in [3.8, 4) is 0 Å². The van der Waals surface area contributed by atoms with Gasteiger partial charge in [-0.25, -0.2) is 4.39 Å². The summed E-state index contributed by atoms with van der Waals surface area (Å²) in [4.78, 5) is 13.7. The molecule has 0 bridgehead atoms. The highest BCUT2D eigenvalue weighted by molar-refractivity contribution is 6.08. The summed E-state index contributed by atoms with van der Waals surface area (Å²) in [5.74, 6) is -1.39. The molecule has 7 heteroatoms. The first-order valence-electron chi connectivity index (χ1n) is 7.95.